The summed E-state index contributed by atoms with van der Waals surface area (Å²) in [6, 6.07) is 15.8. The van der Waals surface area contributed by atoms with E-state index in [0.29, 0.717) is 6.61 Å². The molecular weight excluding hydrogens is 256 g/mol. The molecule has 0 atom stereocenters. The van der Waals surface area contributed by atoms with Gasteiger partial charge in [-0.2, -0.15) is 0 Å². The first-order valence-electron chi connectivity index (χ1n) is 7.15. The minimum absolute atomic E-state index is 0.679. The molecule has 0 fully saturated rings. The van der Waals surface area contributed by atoms with Gasteiger partial charge in [-0.05, 0) is 55.5 Å². The van der Waals surface area contributed by atoms with Gasteiger partial charge >= 0.3 is 0 Å². The molecule has 0 saturated heterocycles. The zero-order valence-corrected chi connectivity index (χ0v) is 12.4. The Labute approximate surface area is 127 Å². The molecule has 0 spiro atoms. The van der Waals surface area contributed by atoms with Crippen LogP contribution >= 0.6 is 0 Å². The average molecular weight is 274 g/mol. The maximum atomic E-state index is 5.41. The van der Waals surface area contributed by atoms with E-state index in [2.05, 4.69) is 23.7 Å². The first-order chi connectivity index (χ1) is 10.3. The van der Waals surface area contributed by atoms with Gasteiger partial charge in [-0.25, -0.2) is 0 Å². The average Bonchev–Trinajstić information content (AvgIpc) is 2.53. The van der Waals surface area contributed by atoms with E-state index in [1.807, 2.05) is 62.4 Å². The zero-order chi connectivity index (χ0) is 14.9. The molecule has 21 heavy (non-hydrogen) atoms. The maximum absolute atomic E-state index is 5.41. The SMILES string of the molecule is CCC#Cc1ccc(C#Cc2ccc(OCC)cc2)cc1. The van der Waals surface area contributed by atoms with Gasteiger partial charge in [-0.3, -0.25) is 0 Å². The summed E-state index contributed by atoms with van der Waals surface area (Å²) in [5, 5.41) is 0. The van der Waals surface area contributed by atoms with Crippen LogP contribution in [0.1, 0.15) is 37.0 Å². The summed E-state index contributed by atoms with van der Waals surface area (Å²) < 4.78 is 5.41. The molecule has 104 valence electrons. The van der Waals surface area contributed by atoms with E-state index in [4.69, 9.17) is 4.74 Å². The predicted octanol–water partition coefficient (Wildman–Crippen LogP) is 4.25. The van der Waals surface area contributed by atoms with Crippen molar-refractivity contribution < 1.29 is 4.74 Å². The summed E-state index contributed by atoms with van der Waals surface area (Å²) in [7, 11) is 0. The van der Waals surface area contributed by atoms with Gasteiger partial charge in [0.15, 0.2) is 0 Å². The molecule has 0 radical (unpaired) electrons. The topological polar surface area (TPSA) is 9.23 Å². The second-order valence-corrected chi connectivity index (χ2v) is 4.44. The monoisotopic (exact) mass is 274 g/mol. The van der Waals surface area contributed by atoms with Gasteiger partial charge in [0.25, 0.3) is 0 Å². The number of benzene rings is 2. The van der Waals surface area contributed by atoms with Crippen LogP contribution in [0.3, 0.4) is 0 Å². The highest BCUT2D eigenvalue weighted by Crippen LogP contribution is 2.11. The van der Waals surface area contributed by atoms with Crippen LogP contribution in [0.25, 0.3) is 0 Å². The van der Waals surface area contributed by atoms with E-state index in [9.17, 15) is 0 Å². The van der Waals surface area contributed by atoms with Crippen molar-refractivity contribution in [3.8, 4) is 29.4 Å². The molecule has 0 amide bonds. The van der Waals surface area contributed by atoms with Crippen molar-refractivity contribution in [2.75, 3.05) is 6.61 Å². The number of hydrogen-bond acceptors (Lipinski definition) is 1. The Bertz CT molecular complexity index is 686. The fourth-order valence-corrected chi connectivity index (χ4v) is 1.77. The lowest BCUT2D eigenvalue weighted by atomic mass is 10.1. The van der Waals surface area contributed by atoms with Crippen molar-refractivity contribution in [2.45, 2.75) is 20.3 Å². The van der Waals surface area contributed by atoms with Gasteiger partial charge in [0, 0.05) is 23.1 Å². The number of ether oxygens (including phenoxy) is 1. The van der Waals surface area contributed by atoms with Crippen molar-refractivity contribution in [1.82, 2.24) is 0 Å². The molecule has 0 bridgehead atoms. The molecule has 0 heterocycles. The van der Waals surface area contributed by atoms with Crippen molar-refractivity contribution in [1.29, 1.82) is 0 Å². The highest BCUT2D eigenvalue weighted by molar-refractivity contribution is 5.46. The lowest BCUT2D eigenvalue weighted by Crippen LogP contribution is -1.90. The maximum Gasteiger partial charge on any atom is 0.119 e. The zero-order valence-electron chi connectivity index (χ0n) is 12.4. The first kappa shape index (κ1) is 14.8. The van der Waals surface area contributed by atoms with E-state index < -0.39 is 0 Å². The predicted molar refractivity (Wildman–Crippen MR) is 87.2 cm³/mol. The molecule has 2 aromatic carbocycles. The van der Waals surface area contributed by atoms with E-state index in [-0.39, 0.29) is 0 Å². The summed E-state index contributed by atoms with van der Waals surface area (Å²) in [4.78, 5) is 0. The Balaban J connectivity index is 2.07. The summed E-state index contributed by atoms with van der Waals surface area (Å²) in [5.74, 6) is 13.3. The van der Waals surface area contributed by atoms with Crippen molar-refractivity contribution in [3.63, 3.8) is 0 Å². The van der Waals surface area contributed by atoms with Gasteiger partial charge in [0.1, 0.15) is 5.75 Å². The third kappa shape index (κ3) is 4.75. The molecule has 0 aliphatic heterocycles. The molecule has 1 heteroatoms. The molecule has 1 nitrogen and oxygen atoms in total. The van der Waals surface area contributed by atoms with Crippen LogP contribution in [0.15, 0.2) is 48.5 Å². The summed E-state index contributed by atoms with van der Waals surface area (Å²) >= 11 is 0. The number of hydrogen-bond donors (Lipinski definition) is 0. The Morgan fingerprint density at radius 2 is 1.19 bits per heavy atom. The van der Waals surface area contributed by atoms with Crippen LogP contribution in [0.2, 0.25) is 0 Å². The quantitative estimate of drug-likeness (QED) is 0.744. The Morgan fingerprint density at radius 3 is 1.67 bits per heavy atom. The molecular formula is C20H18O. The third-order valence-corrected chi connectivity index (χ3v) is 2.81. The lowest BCUT2D eigenvalue weighted by molar-refractivity contribution is 0.340. The standard InChI is InChI=1S/C20H18O/c1-3-5-6-17-7-9-18(10-8-17)11-12-19-13-15-20(16-14-19)21-4-2/h7-10,13-16H,3-4H2,1-2H3. The smallest absolute Gasteiger partial charge is 0.119 e. The van der Waals surface area contributed by atoms with E-state index in [1.54, 1.807) is 0 Å². The molecule has 0 aliphatic rings. The lowest BCUT2D eigenvalue weighted by Gasteiger charge is -2.01. The van der Waals surface area contributed by atoms with Crippen molar-refractivity contribution in [3.05, 3.63) is 65.2 Å². The fourth-order valence-electron chi connectivity index (χ4n) is 1.77. The van der Waals surface area contributed by atoms with Gasteiger partial charge in [-0.1, -0.05) is 30.6 Å². The van der Waals surface area contributed by atoms with Gasteiger partial charge < -0.3 is 4.74 Å². The largest absolute Gasteiger partial charge is 0.494 e. The summed E-state index contributed by atoms with van der Waals surface area (Å²) in [6.07, 6.45) is 0.874. The van der Waals surface area contributed by atoms with E-state index in [1.165, 1.54) is 0 Å². The van der Waals surface area contributed by atoms with Crippen LogP contribution in [0.5, 0.6) is 5.75 Å². The molecule has 0 aromatic heterocycles. The van der Waals surface area contributed by atoms with Crippen molar-refractivity contribution >= 4 is 0 Å². The minimum atomic E-state index is 0.679. The normalized spacial score (nSPS) is 9.05. The fraction of sp³-hybridized carbons (Fsp3) is 0.200. The Kier molecular flexibility index (Phi) is 5.50. The molecule has 2 aromatic rings. The Morgan fingerprint density at radius 1 is 0.714 bits per heavy atom. The minimum Gasteiger partial charge on any atom is -0.494 e. The van der Waals surface area contributed by atoms with E-state index in [0.717, 1.165) is 28.9 Å². The second kappa shape index (κ2) is 7.83. The van der Waals surface area contributed by atoms with Gasteiger partial charge in [-0.15, -0.1) is 0 Å². The number of rotatable bonds is 2. The second-order valence-electron chi connectivity index (χ2n) is 4.44. The Hall–Kier alpha value is -2.64. The van der Waals surface area contributed by atoms with E-state index >= 15 is 0 Å². The third-order valence-electron chi connectivity index (χ3n) is 2.81. The van der Waals surface area contributed by atoms with Gasteiger partial charge in [0.2, 0.25) is 0 Å². The first-order valence-corrected chi connectivity index (χ1v) is 7.15. The molecule has 0 saturated carbocycles. The molecule has 2 rings (SSSR count). The highest BCUT2D eigenvalue weighted by Gasteiger charge is 1.92. The van der Waals surface area contributed by atoms with Crippen LogP contribution < -0.4 is 4.74 Å². The van der Waals surface area contributed by atoms with Crippen molar-refractivity contribution in [2.24, 2.45) is 0 Å². The van der Waals surface area contributed by atoms with Gasteiger partial charge in [0.05, 0.1) is 6.61 Å². The van der Waals surface area contributed by atoms with Crippen LogP contribution in [-0.2, 0) is 0 Å². The molecule has 0 N–H and O–H groups in total. The van der Waals surface area contributed by atoms with Crippen LogP contribution in [0, 0.1) is 23.7 Å². The van der Waals surface area contributed by atoms with Crippen LogP contribution in [0.4, 0.5) is 0 Å². The summed E-state index contributed by atoms with van der Waals surface area (Å²) in [5.41, 5.74) is 3.00. The highest BCUT2D eigenvalue weighted by atomic mass is 16.5. The van der Waals surface area contributed by atoms with Crippen LogP contribution in [-0.4, -0.2) is 6.61 Å². The molecule has 0 aliphatic carbocycles. The molecule has 0 unspecified atom stereocenters. The summed E-state index contributed by atoms with van der Waals surface area (Å²) in [6.45, 7) is 4.70.